The molecule has 6 heteroatoms. The number of unbranched alkanes of at least 4 members (excludes halogenated alkanes) is 4. The molecule has 312 valence electrons. The summed E-state index contributed by atoms with van der Waals surface area (Å²) in [4.78, 5) is 30.4. The van der Waals surface area contributed by atoms with Gasteiger partial charge in [0.25, 0.3) is 0 Å². The van der Waals surface area contributed by atoms with Crippen LogP contribution < -0.4 is 0 Å². The van der Waals surface area contributed by atoms with Crippen molar-refractivity contribution in [2.24, 2.45) is 0 Å². The molecule has 2 aromatic heterocycles. The van der Waals surface area contributed by atoms with Gasteiger partial charge in [-0.15, -0.1) is 0 Å². The van der Waals surface area contributed by atoms with Crippen molar-refractivity contribution in [2.75, 3.05) is 0 Å². The second-order valence-corrected chi connectivity index (χ2v) is 16.6. The Bertz CT molecular complexity index is 2370. The molecule has 0 bridgehead atoms. The predicted molar refractivity (Wildman–Crippen MR) is 258 cm³/mol. The van der Waals surface area contributed by atoms with Crippen LogP contribution in [0.1, 0.15) is 101 Å². The summed E-state index contributed by atoms with van der Waals surface area (Å²) >= 11 is 0. The first kappa shape index (κ1) is 42.3. The van der Waals surface area contributed by atoms with Crippen LogP contribution in [0.3, 0.4) is 0 Å². The molecule has 0 N–H and O–H groups in total. The second kappa shape index (κ2) is 20.4. The standard InChI is InChI=1S/C56H58N6/c1-5-9-13-39-17-25-43(26-18-39)51-57-52(44-27-19-40(20-28-44)14-10-6-2)60-55(59-51)49-35-33-48-38-50(36-34-47(48)37-49)56-61-53(45-29-21-41(22-30-45)15-11-7-3)58-54(62-56)46-31-23-42(24-32-46)16-12-8-4/h17-38H,5-16H2,1-4H3. The van der Waals surface area contributed by atoms with Gasteiger partial charge in [-0.05, 0) is 96.5 Å². The number of rotatable bonds is 18. The van der Waals surface area contributed by atoms with Crippen molar-refractivity contribution in [3.8, 4) is 68.3 Å². The van der Waals surface area contributed by atoms with Crippen molar-refractivity contribution in [3.63, 3.8) is 0 Å². The molecule has 6 aromatic carbocycles. The van der Waals surface area contributed by atoms with Crippen LogP contribution in [0.4, 0.5) is 0 Å². The van der Waals surface area contributed by atoms with Gasteiger partial charge < -0.3 is 0 Å². The molecule has 0 saturated heterocycles. The zero-order valence-electron chi connectivity index (χ0n) is 36.9. The van der Waals surface area contributed by atoms with Crippen LogP contribution in [0.2, 0.25) is 0 Å². The van der Waals surface area contributed by atoms with Gasteiger partial charge in [0.05, 0.1) is 0 Å². The maximum Gasteiger partial charge on any atom is 0.164 e. The minimum atomic E-state index is 0.647. The van der Waals surface area contributed by atoms with Crippen LogP contribution >= 0.6 is 0 Å². The normalized spacial score (nSPS) is 11.4. The molecule has 0 saturated carbocycles. The Morgan fingerprint density at radius 2 is 0.468 bits per heavy atom. The van der Waals surface area contributed by atoms with E-state index in [2.05, 4.69) is 161 Å². The number of nitrogens with zero attached hydrogens (tertiary/aromatic N) is 6. The first-order valence-electron chi connectivity index (χ1n) is 22.9. The number of hydrogen-bond acceptors (Lipinski definition) is 6. The van der Waals surface area contributed by atoms with E-state index >= 15 is 0 Å². The second-order valence-electron chi connectivity index (χ2n) is 16.6. The Kier molecular flexibility index (Phi) is 13.9. The Morgan fingerprint density at radius 3 is 0.694 bits per heavy atom. The summed E-state index contributed by atoms with van der Waals surface area (Å²) < 4.78 is 0. The number of aryl methyl sites for hydroxylation is 4. The van der Waals surface area contributed by atoms with E-state index in [0.717, 1.165) is 69.8 Å². The molecule has 6 nitrogen and oxygen atoms in total. The smallest absolute Gasteiger partial charge is 0.164 e. The molecule has 0 radical (unpaired) electrons. The van der Waals surface area contributed by atoms with Crippen molar-refractivity contribution >= 4 is 10.8 Å². The Balaban J connectivity index is 1.15. The molecular formula is C56H58N6. The van der Waals surface area contributed by atoms with E-state index in [1.54, 1.807) is 0 Å². The van der Waals surface area contributed by atoms with Crippen molar-refractivity contribution in [1.29, 1.82) is 0 Å². The lowest BCUT2D eigenvalue weighted by Crippen LogP contribution is -2.01. The number of fused-ring (bicyclic) bond motifs is 1. The number of hydrogen-bond donors (Lipinski definition) is 0. The molecular weight excluding hydrogens is 757 g/mol. The van der Waals surface area contributed by atoms with Crippen LogP contribution in [-0.2, 0) is 25.7 Å². The molecule has 0 atom stereocenters. The molecule has 0 spiro atoms. The average Bonchev–Trinajstić information content (AvgIpc) is 3.33. The van der Waals surface area contributed by atoms with Gasteiger partial charge in [0, 0.05) is 33.4 Å². The molecule has 0 fully saturated rings. The lowest BCUT2D eigenvalue weighted by atomic mass is 10.0. The Labute approximate surface area is 368 Å². The monoisotopic (exact) mass is 814 g/mol. The molecule has 8 rings (SSSR count). The van der Waals surface area contributed by atoms with Gasteiger partial charge in [0.2, 0.25) is 0 Å². The summed E-state index contributed by atoms with van der Waals surface area (Å²) in [6, 6.07) is 47.7. The largest absolute Gasteiger partial charge is 0.208 e. The number of benzene rings is 6. The minimum absolute atomic E-state index is 0.647. The van der Waals surface area contributed by atoms with E-state index in [4.69, 9.17) is 29.9 Å². The molecule has 0 aliphatic rings. The fourth-order valence-electron chi connectivity index (χ4n) is 7.86. The SMILES string of the molecule is CCCCc1ccc(-c2nc(-c3ccc(CCCC)cc3)nc(-c3ccc4cc(-c5nc(-c6ccc(CCCC)cc6)nc(-c6ccc(CCCC)cc6)n5)ccc4c3)n2)cc1. The zero-order chi connectivity index (χ0) is 42.7. The molecule has 62 heavy (non-hydrogen) atoms. The molecule has 8 aromatic rings. The summed E-state index contributed by atoms with van der Waals surface area (Å²) in [6.07, 6.45) is 13.7. The van der Waals surface area contributed by atoms with E-state index in [1.807, 2.05) is 0 Å². The summed E-state index contributed by atoms with van der Waals surface area (Å²) in [6.45, 7) is 8.92. The van der Waals surface area contributed by atoms with Gasteiger partial charge in [-0.2, -0.15) is 0 Å². The third-order valence-electron chi connectivity index (χ3n) is 11.8. The highest BCUT2D eigenvalue weighted by atomic mass is 15.0. The van der Waals surface area contributed by atoms with Gasteiger partial charge in [0.1, 0.15) is 0 Å². The molecule has 0 aliphatic carbocycles. The van der Waals surface area contributed by atoms with Gasteiger partial charge in [-0.1, -0.05) is 175 Å². The van der Waals surface area contributed by atoms with Crippen LogP contribution in [-0.4, -0.2) is 29.9 Å². The highest BCUT2D eigenvalue weighted by molar-refractivity contribution is 5.90. The maximum atomic E-state index is 5.09. The van der Waals surface area contributed by atoms with Gasteiger partial charge >= 0.3 is 0 Å². The van der Waals surface area contributed by atoms with Crippen molar-refractivity contribution in [3.05, 3.63) is 156 Å². The van der Waals surface area contributed by atoms with Gasteiger partial charge in [0.15, 0.2) is 34.9 Å². The van der Waals surface area contributed by atoms with Crippen LogP contribution in [0.5, 0.6) is 0 Å². The quantitative estimate of drug-likeness (QED) is 0.0858. The first-order chi connectivity index (χ1) is 30.5. The van der Waals surface area contributed by atoms with E-state index in [1.165, 1.54) is 73.6 Å². The van der Waals surface area contributed by atoms with Gasteiger partial charge in [-0.3, -0.25) is 0 Å². The fraction of sp³-hybridized carbons (Fsp3) is 0.286. The van der Waals surface area contributed by atoms with Crippen LogP contribution in [0.25, 0.3) is 79.1 Å². The number of aromatic nitrogens is 6. The lowest BCUT2D eigenvalue weighted by molar-refractivity contribution is 0.795. The van der Waals surface area contributed by atoms with E-state index in [9.17, 15) is 0 Å². The molecule has 0 aliphatic heterocycles. The van der Waals surface area contributed by atoms with Crippen LogP contribution in [0, 0.1) is 0 Å². The summed E-state index contributed by atoms with van der Waals surface area (Å²) in [7, 11) is 0. The summed E-state index contributed by atoms with van der Waals surface area (Å²) in [5.41, 5.74) is 11.1. The zero-order valence-corrected chi connectivity index (χ0v) is 36.9. The molecule has 2 heterocycles. The average molecular weight is 815 g/mol. The third-order valence-corrected chi connectivity index (χ3v) is 11.8. The van der Waals surface area contributed by atoms with E-state index < -0.39 is 0 Å². The van der Waals surface area contributed by atoms with Gasteiger partial charge in [-0.25, -0.2) is 29.9 Å². The van der Waals surface area contributed by atoms with E-state index in [0.29, 0.717) is 34.9 Å². The van der Waals surface area contributed by atoms with Crippen molar-refractivity contribution in [2.45, 2.75) is 105 Å². The first-order valence-corrected chi connectivity index (χ1v) is 22.9. The Hall–Kier alpha value is -6.40. The topological polar surface area (TPSA) is 77.3 Å². The maximum absolute atomic E-state index is 5.09. The van der Waals surface area contributed by atoms with Crippen molar-refractivity contribution < 1.29 is 0 Å². The highest BCUT2D eigenvalue weighted by Gasteiger charge is 2.16. The lowest BCUT2D eigenvalue weighted by Gasteiger charge is -2.11. The fourth-order valence-corrected chi connectivity index (χ4v) is 7.86. The molecule has 0 unspecified atom stereocenters. The third kappa shape index (κ3) is 10.4. The van der Waals surface area contributed by atoms with Crippen molar-refractivity contribution in [1.82, 2.24) is 29.9 Å². The summed E-state index contributed by atoms with van der Waals surface area (Å²) in [5.74, 6) is 3.98. The minimum Gasteiger partial charge on any atom is -0.208 e. The highest BCUT2D eigenvalue weighted by Crippen LogP contribution is 2.31. The van der Waals surface area contributed by atoms with E-state index in [-0.39, 0.29) is 0 Å². The summed E-state index contributed by atoms with van der Waals surface area (Å²) in [5, 5.41) is 2.16. The van der Waals surface area contributed by atoms with Crippen LogP contribution in [0.15, 0.2) is 133 Å². The molecule has 0 amide bonds. The predicted octanol–water partition coefficient (Wildman–Crippen LogP) is 14.6. The Morgan fingerprint density at radius 1 is 0.258 bits per heavy atom.